The Morgan fingerprint density at radius 2 is 1.56 bits per heavy atom. The summed E-state index contributed by atoms with van der Waals surface area (Å²) in [6.45, 7) is 0. The first-order valence-electron chi connectivity index (χ1n) is 5.70. The summed E-state index contributed by atoms with van der Waals surface area (Å²) < 4.78 is 0. The SMILES string of the molecule is NC1(c2ccc(C3(C(=O)O)CC3)cc2)CC1. The molecule has 2 fully saturated rings. The Labute approximate surface area is 94.3 Å². The Balaban J connectivity index is 1.91. The molecule has 0 bridgehead atoms. The van der Waals surface area contributed by atoms with Gasteiger partial charge in [0.05, 0.1) is 5.41 Å². The highest BCUT2D eigenvalue weighted by molar-refractivity contribution is 5.84. The Bertz CT molecular complexity index is 442. The molecule has 1 aromatic rings. The third kappa shape index (κ3) is 1.28. The summed E-state index contributed by atoms with van der Waals surface area (Å²) in [7, 11) is 0. The zero-order chi connectivity index (χ0) is 11.4. The average Bonchev–Trinajstić information content (AvgIpc) is 3.13. The van der Waals surface area contributed by atoms with Crippen LogP contribution in [0.5, 0.6) is 0 Å². The fourth-order valence-corrected chi connectivity index (χ4v) is 2.30. The molecule has 0 aromatic heterocycles. The summed E-state index contributed by atoms with van der Waals surface area (Å²) in [4.78, 5) is 11.2. The number of aliphatic carboxylic acids is 1. The fraction of sp³-hybridized carbons (Fsp3) is 0.462. The molecule has 0 atom stereocenters. The molecule has 2 saturated carbocycles. The second-order valence-corrected chi connectivity index (χ2v) is 5.12. The molecular formula is C13H15NO2. The maximum Gasteiger partial charge on any atom is 0.314 e. The van der Waals surface area contributed by atoms with Crippen LogP contribution in [-0.4, -0.2) is 11.1 Å². The van der Waals surface area contributed by atoms with E-state index in [1.807, 2.05) is 24.3 Å². The molecule has 3 nitrogen and oxygen atoms in total. The van der Waals surface area contributed by atoms with Crippen LogP contribution in [0.15, 0.2) is 24.3 Å². The topological polar surface area (TPSA) is 63.3 Å². The first-order chi connectivity index (χ1) is 7.57. The monoisotopic (exact) mass is 217 g/mol. The molecule has 0 unspecified atom stereocenters. The highest BCUT2D eigenvalue weighted by Gasteiger charge is 2.51. The molecule has 3 heteroatoms. The molecule has 0 radical (unpaired) electrons. The molecule has 0 amide bonds. The molecule has 3 rings (SSSR count). The number of nitrogens with two attached hydrogens (primary N) is 1. The van der Waals surface area contributed by atoms with E-state index in [0.29, 0.717) is 0 Å². The minimum atomic E-state index is -0.700. The van der Waals surface area contributed by atoms with Crippen LogP contribution in [0, 0.1) is 0 Å². The number of carbonyl (C=O) groups is 1. The van der Waals surface area contributed by atoms with Gasteiger partial charge >= 0.3 is 5.97 Å². The van der Waals surface area contributed by atoms with Crippen LogP contribution in [0.2, 0.25) is 0 Å². The molecule has 0 heterocycles. The standard InChI is InChI=1S/C13H15NO2/c14-13(7-8-13)10-3-1-9(2-4-10)12(5-6-12)11(15)16/h1-4H,5-8,14H2,(H,15,16). The van der Waals surface area contributed by atoms with Crippen molar-refractivity contribution in [3.63, 3.8) is 0 Å². The van der Waals surface area contributed by atoms with Gasteiger partial charge in [-0.05, 0) is 36.8 Å². The molecule has 84 valence electrons. The maximum absolute atomic E-state index is 11.2. The summed E-state index contributed by atoms with van der Waals surface area (Å²) in [5.41, 5.74) is 7.43. The van der Waals surface area contributed by atoms with Crippen LogP contribution in [0.25, 0.3) is 0 Å². The van der Waals surface area contributed by atoms with Crippen molar-refractivity contribution < 1.29 is 9.90 Å². The quantitative estimate of drug-likeness (QED) is 0.810. The molecule has 2 aliphatic rings. The number of rotatable bonds is 3. The normalized spacial score (nSPS) is 23.8. The van der Waals surface area contributed by atoms with Crippen LogP contribution in [-0.2, 0) is 15.7 Å². The average molecular weight is 217 g/mol. The van der Waals surface area contributed by atoms with E-state index >= 15 is 0 Å². The minimum absolute atomic E-state index is 0.127. The zero-order valence-corrected chi connectivity index (χ0v) is 9.07. The zero-order valence-electron chi connectivity index (χ0n) is 9.07. The van der Waals surface area contributed by atoms with Gasteiger partial charge in [0.25, 0.3) is 0 Å². The third-order valence-corrected chi connectivity index (χ3v) is 3.96. The number of carboxylic acid groups (broad SMARTS) is 1. The second-order valence-electron chi connectivity index (χ2n) is 5.12. The second kappa shape index (κ2) is 2.86. The lowest BCUT2D eigenvalue weighted by Crippen LogP contribution is -2.21. The lowest BCUT2D eigenvalue weighted by atomic mass is 9.93. The van der Waals surface area contributed by atoms with Gasteiger partial charge in [-0.3, -0.25) is 4.79 Å². The van der Waals surface area contributed by atoms with Gasteiger partial charge < -0.3 is 10.8 Å². The minimum Gasteiger partial charge on any atom is -0.481 e. The number of benzene rings is 1. The van der Waals surface area contributed by atoms with E-state index in [1.54, 1.807) is 0 Å². The predicted molar refractivity (Wildman–Crippen MR) is 60.1 cm³/mol. The van der Waals surface area contributed by atoms with Gasteiger partial charge in [0.15, 0.2) is 0 Å². The lowest BCUT2D eigenvalue weighted by Gasteiger charge is -2.13. The third-order valence-electron chi connectivity index (χ3n) is 3.96. The van der Waals surface area contributed by atoms with Crippen molar-refractivity contribution >= 4 is 5.97 Å². The van der Waals surface area contributed by atoms with E-state index in [9.17, 15) is 9.90 Å². The highest BCUT2D eigenvalue weighted by atomic mass is 16.4. The van der Waals surface area contributed by atoms with Crippen molar-refractivity contribution in [1.29, 1.82) is 0 Å². The van der Waals surface area contributed by atoms with Crippen LogP contribution in [0.3, 0.4) is 0 Å². The molecule has 2 aliphatic carbocycles. The Kier molecular flexibility index (Phi) is 1.76. The maximum atomic E-state index is 11.2. The van der Waals surface area contributed by atoms with Crippen molar-refractivity contribution in [2.24, 2.45) is 5.73 Å². The van der Waals surface area contributed by atoms with E-state index in [4.69, 9.17) is 5.73 Å². The van der Waals surface area contributed by atoms with Crippen molar-refractivity contribution in [2.75, 3.05) is 0 Å². The lowest BCUT2D eigenvalue weighted by molar-refractivity contribution is -0.140. The van der Waals surface area contributed by atoms with Crippen molar-refractivity contribution in [3.05, 3.63) is 35.4 Å². The molecule has 0 aliphatic heterocycles. The molecule has 0 saturated heterocycles. The van der Waals surface area contributed by atoms with Gasteiger partial charge in [0.1, 0.15) is 0 Å². The smallest absolute Gasteiger partial charge is 0.314 e. The molecule has 1 aromatic carbocycles. The summed E-state index contributed by atoms with van der Waals surface area (Å²) in [5.74, 6) is -0.700. The van der Waals surface area contributed by atoms with Gasteiger partial charge in [0, 0.05) is 5.54 Å². The Hall–Kier alpha value is -1.35. The Morgan fingerprint density at radius 3 is 1.94 bits per heavy atom. The van der Waals surface area contributed by atoms with E-state index in [0.717, 1.165) is 36.8 Å². The van der Waals surface area contributed by atoms with E-state index in [-0.39, 0.29) is 5.54 Å². The van der Waals surface area contributed by atoms with Crippen LogP contribution in [0.1, 0.15) is 36.8 Å². The van der Waals surface area contributed by atoms with Gasteiger partial charge in [0.2, 0.25) is 0 Å². The number of hydrogen-bond donors (Lipinski definition) is 2. The summed E-state index contributed by atoms with van der Waals surface area (Å²) in [6, 6.07) is 7.85. The van der Waals surface area contributed by atoms with Crippen molar-refractivity contribution in [2.45, 2.75) is 36.6 Å². The first-order valence-corrected chi connectivity index (χ1v) is 5.70. The largest absolute Gasteiger partial charge is 0.481 e. The van der Waals surface area contributed by atoms with E-state index in [2.05, 4.69) is 0 Å². The number of carboxylic acids is 1. The Morgan fingerprint density at radius 1 is 1.06 bits per heavy atom. The molecule has 3 N–H and O–H groups in total. The highest BCUT2D eigenvalue weighted by Crippen LogP contribution is 2.49. The summed E-state index contributed by atoms with van der Waals surface area (Å²) >= 11 is 0. The van der Waals surface area contributed by atoms with Crippen LogP contribution >= 0.6 is 0 Å². The van der Waals surface area contributed by atoms with Gasteiger partial charge in [-0.15, -0.1) is 0 Å². The van der Waals surface area contributed by atoms with Crippen molar-refractivity contribution in [1.82, 2.24) is 0 Å². The number of hydrogen-bond acceptors (Lipinski definition) is 2. The summed E-state index contributed by atoms with van der Waals surface area (Å²) in [5, 5.41) is 9.17. The van der Waals surface area contributed by atoms with Crippen LogP contribution in [0.4, 0.5) is 0 Å². The molecular weight excluding hydrogens is 202 g/mol. The predicted octanol–water partition coefficient (Wildman–Crippen LogP) is 1.75. The van der Waals surface area contributed by atoms with Crippen LogP contribution < -0.4 is 5.73 Å². The summed E-state index contributed by atoms with van der Waals surface area (Å²) in [6.07, 6.45) is 3.59. The van der Waals surface area contributed by atoms with Crippen molar-refractivity contribution in [3.8, 4) is 0 Å². The first kappa shape index (κ1) is 9.85. The molecule has 0 spiro atoms. The van der Waals surface area contributed by atoms with Gasteiger partial charge in [-0.25, -0.2) is 0 Å². The van der Waals surface area contributed by atoms with E-state index < -0.39 is 11.4 Å². The van der Waals surface area contributed by atoms with Gasteiger partial charge in [-0.1, -0.05) is 24.3 Å². The van der Waals surface area contributed by atoms with Gasteiger partial charge in [-0.2, -0.15) is 0 Å². The molecule has 16 heavy (non-hydrogen) atoms. The van der Waals surface area contributed by atoms with E-state index in [1.165, 1.54) is 0 Å². The fourth-order valence-electron chi connectivity index (χ4n) is 2.30.